The smallest absolute Gasteiger partial charge is 0.270 e. The van der Waals surface area contributed by atoms with Crippen molar-refractivity contribution in [2.75, 3.05) is 25.0 Å². The van der Waals surface area contributed by atoms with Gasteiger partial charge in [-0.25, -0.2) is 4.99 Å². The van der Waals surface area contributed by atoms with Crippen LogP contribution in [0.5, 0.6) is 0 Å². The summed E-state index contributed by atoms with van der Waals surface area (Å²) in [5.41, 5.74) is 2.39. The van der Waals surface area contributed by atoms with E-state index in [0.717, 1.165) is 37.3 Å². The summed E-state index contributed by atoms with van der Waals surface area (Å²) in [4.78, 5) is 32.4. The van der Waals surface area contributed by atoms with Crippen LogP contribution in [0.1, 0.15) is 18.4 Å². The molecule has 2 aromatic rings. The number of anilines is 1. The standard InChI is InChI=1S/C21H20N4O3S/c1-23-20(26)19(29-21(23)22-16-7-3-2-4-8-16)14-15-13-17(25(27)28)9-10-18(15)24-11-5-6-12-24/h2-4,7-10,13-14H,5-6,11-12H2,1H3/b19-14+,22-21?. The first-order valence-corrected chi connectivity index (χ1v) is 10.2. The first kappa shape index (κ1) is 19.2. The number of hydrogen-bond acceptors (Lipinski definition) is 6. The van der Waals surface area contributed by atoms with Crippen LogP contribution >= 0.6 is 11.8 Å². The Kier molecular flexibility index (Phi) is 5.35. The lowest BCUT2D eigenvalue weighted by Crippen LogP contribution is -2.23. The van der Waals surface area contributed by atoms with Gasteiger partial charge in [-0.15, -0.1) is 0 Å². The maximum atomic E-state index is 12.8. The molecule has 2 saturated heterocycles. The highest BCUT2D eigenvalue weighted by atomic mass is 32.2. The van der Waals surface area contributed by atoms with Crippen LogP contribution in [0.3, 0.4) is 0 Å². The number of nitro groups is 1. The van der Waals surface area contributed by atoms with Gasteiger partial charge >= 0.3 is 0 Å². The summed E-state index contributed by atoms with van der Waals surface area (Å²) in [5, 5.41) is 11.9. The number of thioether (sulfide) groups is 1. The van der Waals surface area contributed by atoms with Crippen molar-refractivity contribution in [3.05, 3.63) is 69.1 Å². The van der Waals surface area contributed by atoms with E-state index in [1.807, 2.05) is 30.3 Å². The highest BCUT2D eigenvalue weighted by Crippen LogP contribution is 2.36. The lowest BCUT2D eigenvalue weighted by atomic mass is 10.1. The molecule has 0 aliphatic carbocycles. The molecule has 8 heteroatoms. The summed E-state index contributed by atoms with van der Waals surface area (Å²) in [7, 11) is 1.69. The molecule has 2 aromatic carbocycles. The van der Waals surface area contributed by atoms with E-state index in [2.05, 4.69) is 9.89 Å². The number of para-hydroxylation sites is 1. The quantitative estimate of drug-likeness (QED) is 0.425. The summed E-state index contributed by atoms with van der Waals surface area (Å²) < 4.78 is 0. The lowest BCUT2D eigenvalue weighted by Gasteiger charge is -2.20. The number of carbonyl (C=O) groups excluding carboxylic acids is 1. The highest BCUT2D eigenvalue weighted by Gasteiger charge is 2.31. The van der Waals surface area contributed by atoms with Crippen molar-refractivity contribution in [3.8, 4) is 0 Å². The second kappa shape index (κ2) is 8.08. The zero-order valence-corrected chi connectivity index (χ0v) is 16.8. The zero-order chi connectivity index (χ0) is 20.4. The Morgan fingerprint density at radius 3 is 2.55 bits per heavy atom. The molecule has 0 saturated carbocycles. The van der Waals surface area contributed by atoms with E-state index in [0.29, 0.717) is 15.6 Å². The van der Waals surface area contributed by atoms with Crippen molar-refractivity contribution in [2.45, 2.75) is 12.8 Å². The third-order valence-corrected chi connectivity index (χ3v) is 6.00. The van der Waals surface area contributed by atoms with Crippen LogP contribution in [0.2, 0.25) is 0 Å². The largest absolute Gasteiger partial charge is 0.371 e. The zero-order valence-electron chi connectivity index (χ0n) is 15.9. The van der Waals surface area contributed by atoms with Gasteiger partial charge in [-0.2, -0.15) is 0 Å². The highest BCUT2D eigenvalue weighted by molar-refractivity contribution is 8.18. The second-order valence-electron chi connectivity index (χ2n) is 6.90. The van der Waals surface area contributed by atoms with E-state index < -0.39 is 4.92 Å². The van der Waals surface area contributed by atoms with E-state index in [-0.39, 0.29) is 11.6 Å². The maximum absolute atomic E-state index is 12.8. The summed E-state index contributed by atoms with van der Waals surface area (Å²) in [6, 6.07) is 14.3. The fourth-order valence-electron chi connectivity index (χ4n) is 3.42. The van der Waals surface area contributed by atoms with Gasteiger partial charge in [0.1, 0.15) is 0 Å². The van der Waals surface area contributed by atoms with Gasteiger partial charge in [0.2, 0.25) is 0 Å². The summed E-state index contributed by atoms with van der Waals surface area (Å²) in [6.07, 6.45) is 3.94. The van der Waals surface area contributed by atoms with E-state index in [1.165, 1.54) is 22.7 Å². The molecule has 2 fully saturated rings. The number of likely N-dealkylation sites (N-methyl/N-ethyl adjacent to an activating group) is 1. The van der Waals surface area contributed by atoms with Crippen molar-refractivity contribution in [3.63, 3.8) is 0 Å². The number of hydrogen-bond donors (Lipinski definition) is 0. The van der Waals surface area contributed by atoms with Crippen LogP contribution in [-0.4, -0.2) is 41.0 Å². The van der Waals surface area contributed by atoms with E-state index in [1.54, 1.807) is 25.3 Å². The summed E-state index contributed by atoms with van der Waals surface area (Å²) >= 11 is 1.28. The molecule has 0 unspecified atom stereocenters. The van der Waals surface area contributed by atoms with Crippen molar-refractivity contribution < 1.29 is 9.72 Å². The van der Waals surface area contributed by atoms with Crippen molar-refractivity contribution >= 4 is 46.0 Å². The van der Waals surface area contributed by atoms with Crippen LogP contribution in [0.15, 0.2) is 58.4 Å². The Morgan fingerprint density at radius 1 is 1.14 bits per heavy atom. The Hall–Kier alpha value is -3.13. The Labute approximate surface area is 172 Å². The van der Waals surface area contributed by atoms with Gasteiger partial charge in [0.25, 0.3) is 11.6 Å². The molecule has 0 N–H and O–H groups in total. The molecule has 1 amide bonds. The minimum Gasteiger partial charge on any atom is -0.371 e. The molecule has 7 nitrogen and oxygen atoms in total. The third-order valence-electron chi connectivity index (χ3n) is 4.94. The third kappa shape index (κ3) is 4.02. The number of carbonyl (C=O) groups is 1. The molecule has 29 heavy (non-hydrogen) atoms. The molecule has 0 aromatic heterocycles. The van der Waals surface area contributed by atoms with Crippen LogP contribution in [0.25, 0.3) is 6.08 Å². The molecular weight excluding hydrogens is 388 g/mol. The number of nitrogens with zero attached hydrogens (tertiary/aromatic N) is 4. The Bertz CT molecular complexity index is 1010. The van der Waals surface area contributed by atoms with Gasteiger partial charge in [-0.05, 0) is 48.9 Å². The molecule has 0 radical (unpaired) electrons. The average Bonchev–Trinajstić information content (AvgIpc) is 3.34. The van der Waals surface area contributed by atoms with Crippen molar-refractivity contribution in [1.29, 1.82) is 0 Å². The van der Waals surface area contributed by atoms with E-state index in [4.69, 9.17) is 0 Å². The van der Waals surface area contributed by atoms with Crippen LogP contribution < -0.4 is 4.90 Å². The van der Waals surface area contributed by atoms with Crippen LogP contribution in [-0.2, 0) is 4.79 Å². The Morgan fingerprint density at radius 2 is 1.86 bits per heavy atom. The summed E-state index contributed by atoms with van der Waals surface area (Å²) in [6.45, 7) is 1.82. The van der Waals surface area contributed by atoms with Crippen LogP contribution in [0, 0.1) is 10.1 Å². The predicted molar refractivity (Wildman–Crippen MR) is 116 cm³/mol. The number of benzene rings is 2. The average molecular weight is 408 g/mol. The minimum absolute atomic E-state index is 0.0155. The molecule has 0 bridgehead atoms. The first-order valence-electron chi connectivity index (χ1n) is 9.37. The lowest BCUT2D eigenvalue weighted by molar-refractivity contribution is -0.384. The van der Waals surface area contributed by atoms with E-state index >= 15 is 0 Å². The number of amidine groups is 1. The SMILES string of the molecule is CN1C(=O)/C(=C\c2cc([N+](=O)[O-])ccc2N2CCCC2)SC1=Nc1ccccc1. The maximum Gasteiger partial charge on any atom is 0.270 e. The van der Waals surface area contributed by atoms with Gasteiger partial charge in [-0.1, -0.05) is 18.2 Å². The van der Waals surface area contributed by atoms with Crippen LogP contribution in [0.4, 0.5) is 17.1 Å². The predicted octanol–water partition coefficient (Wildman–Crippen LogP) is 4.43. The van der Waals surface area contributed by atoms with Gasteiger partial charge < -0.3 is 4.90 Å². The van der Waals surface area contributed by atoms with Gasteiger partial charge in [0, 0.05) is 43.5 Å². The normalized spacial score (nSPS) is 19.6. The summed E-state index contributed by atoms with van der Waals surface area (Å²) in [5.74, 6) is -0.163. The molecule has 2 aliphatic heterocycles. The Balaban J connectivity index is 1.71. The molecule has 2 heterocycles. The van der Waals surface area contributed by atoms with Gasteiger partial charge in [0.05, 0.1) is 15.5 Å². The van der Waals surface area contributed by atoms with Gasteiger partial charge in [-0.3, -0.25) is 19.8 Å². The molecular formula is C21H20N4O3S. The number of aliphatic imine (C=N–C) groups is 1. The molecule has 148 valence electrons. The molecule has 0 atom stereocenters. The van der Waals surface area contributed by atoms with Crippen molar-refractivity contribution in [1.82, 2.24) is 4.90 Å². The number of non-ortho nitro benzene ring substituents is 1. The monoisotopic (exact) mass is 408 g/mol. The van der Waals surface area contributed by atoms with E-state index in [9.17, 15) is 14.9 Å². The fourth-order valence-corrected chi connectivity index (χ4v) is 4.40. The second-order valence-corrected chi connectivity index (χ2v) is 7.91. The van der Waals surface area contributed by atoms with Crippen molar-refractivity contribution in [2.24, 2.45) is 4.99 Å². The first-order chi connectivity index (χ1) is 14.0. The number of amides is 1. The molecule has 2 aliphatic rings. The molecule has 0 spiro atoms. The molecule has 4 rings (SSSR count). The fraction of sp³-hybridized carbons (Fsp3) is 0.238. The van der Waals surface area contributed by atoms with Gasteiger partial charge in [0.15, 0.2) is 5.17 Å². The minimum atomic E-state index is -0.409. The number of rotatable bonds is 4. The topological polar surface area (TPSA) is 79.0 Å². The number of nitro benzene ring substituents is 1.